The molecule has 9 aromatic rings. The summed E-state index contributed by atoms with van der Waals surface area (Å²) in [5.41, 5.74) is 11.9. The van der Waals surface area contributed by atoms with Crippen LogP contribution in [0.4, 0.5) is 0 Å². The van der Waals surface area contributed by atoms with Crippen LogP contribution in [0.25, 0.3) is 82.6 Å². The number of nitrogens with zero attached hydrogens (tertiary/aromatic N) is 1. The fourth-order valence-electron chi connectivity index (χ4n) is 8.56. The number of benzene rings is 7. The van der Waals surface area contributed by atoms with Crippen molar-refractivity contribution in [2.75, 3.05) is 0 Å². The molecule has 3 heterocycles. The molecule has 0 unspecified atom stereocenters. The van der Waals surface area contributed by atoms with Crippen molar-refractivity contribution in [2.45, 2.75) is 52.4 Å². The quantitative estimate of drug-likeness (QED) is 0.134. The smallest absolute Gasteiger partial charge is 0.197 e. The standard InChI is InChI=1S/C52H41NO3/c1-51(2,3)36-20-16-30(17-21-36)33-24-42-47-44(28-33)56-45-29-34(31-18-22-37(23-19-31)52(4,5)6)25-43-48(45)53(47)46-40(49(42)54)26-35(27-41(46)50(43)55)39-15-11-10-14-38(39)32-12-8-7-9-13-32/h7-29H,1-6H3. The summed E-state index contributed by atoms with van der Waals surface area (Å²) >= 11 is 0. The highest BCUT2D eigenvalue weighted by Crippen LogP contribution is 2.46. The molecular weight excluding hydrogens is 687 g/mol. The van der Waals surface area contributed by atoms with Gasteiger partial charge in [0, 0.05) is 10.8 Å². The Labute approximate surface area is 325 Å². The van der Waals surface area contributed by atoms with E-state index < -0.39 is 0 Å². The Hall–Kier alpha value is -6.52. The van der Waals surface area contributed by atoms with Gasteiger partial charge >= 0.3 is 0 Å². The second-order valence-corrected chi connectivity index (χ2v) is 17.3. The van der Waals surface area contributed by atoms with Gasteiger partial charge in [-0.05, 0) is 103 Å². The molecule has 0 radical (unpaired) electrons. The Kier molecular flexibility index (Phi) is 7.28. The lowest BCUT2D eigenvalue weighted by atomic mass is 9.86. The first-order chi connectivity index (χ1) is 26.8. The Bertz CT molecular complexity index is 3010. The van der Waals surface area contributed by atoms with E-state index in [1.807, 2.05) is 66.7 Å². The molecule has 0 aliphatic carbocycles. The van der Waals surface area contributed by atoms with Gasteiger partial charge in [0.15, 0.2) is 22.4 Å². The summed E-state index contributed by atoms with van der Waals surface area (Å²) in [5, 5.41) is 2.12. The Morgan fingerprint density at radius 3 is 1.23 bits per heavy atom. The molecule has 10 rings (SSSR count). The Balaban J connectivity index is 1.31. The largest absolute Gasteiger partial charge is 0.453 e. The number of rotatable bonds is 4. The summed E-state index contributed by atoms with van der Waals surface area (Å²) in [6, 6.07) is 47.6. The highest BCUT2D eigenvalue weighted by molar-refractivity contribution is 6.13. The average Bonchev–Trinajstić information content (AvgIpc) is 3.20. The van der Waals surface area contributed by atoms with Crippen LogP contribution in [0.3, 0.4) is 0 Å². The summed E-state index contributed by atoms with van der Waals surface area (Å²) in [7, 11) is 0. The first-order valence-corrected chi connectivity index (χ1v) is 19.3. The van der Waals surface area contributed by atoms with Gasteiger partial charge in [-0.1, -0.05) is 145 Å². The third-order valence-corrected chi connectivity index (χ3v) is 11.6. The molecule has 272 valence electrons. The third kappa shape index (κ3) is 5.20. The van der Waals surface area contributed by atoms with E-state index in [-0.39, 0.29) is 21.7 Å². The van der Waals surface area contributed by atoms with Gasteiger partial charge in [-0.25, -0.2) is 0 Å². The summed E-state index contributed by atoms with van der Waals surface area (Å²) in [6.45, 7) is 13.2. The maximum absolute atomic E-state index is 15.0. The van der Waals surface area contributed by atoms with Crippen molar-refractivity contribution in [3.63, 3.8) is 0 Å². The van der Waals surface area contributed by atoms with Gasteiger partial charge in [-0.2, -0.15) is 0 Å². The summed E-state index contributed by atoms with van der Waals surface area (Å²) in [5.74, 6) is 1.18. The lowest BCUT2D eigenvalue weighted by molar-refractivity contribution is 0.486. The van der Waals surface area contributed by atoms with Crippen molar-refractivity contribution in [3.8, 4) is 56.0 Å². The molecule has 0 atom stereocenters. The minimum Gasteiger partial charge on any atom is -0.453 e. The topological polar surface area (TPSA) is 47.8 Å². The second-order valence-electron chi connectivity index (χ2n) is 17.3. The van der Waals surface area contributed by atoms with Crippen molar-refractivity contribution >= 4 is 38.1 Å². The van der Waals surface area contributed by atoms with Gasteiger partial charge in [0.1, 0.15) is 11.0 Å². The lowest BCUT2D eigenvalue weighted by Crippen LogP contribution is -2.17. The predicted octanol–water partition coefficient (Wildman–Crippen LogP) is 12.9. The number of ether oxygens (including phenoxy) is 1. The van der Waals surface area contributed by atoms with E-state index in [1.165, 1.54) is 11.1 Å². The van der Waals surface area contributed by atoms with Crippen LogP contribution in [-0.4, -0.2) is 4.40 Å². The van der Waals surface area contributed by atoms with Crippen LogP contribution in [-0.2, 0) is 10.8 Å². The van der Waals surface area contributed by atoms with Crippen LogP contribution in [0.2, 0.25) is 0 Å². The van der Waals surface area contributed by atoms with E-state index in [2.05, 4.69) is 119 Å². The lowest BCUT2D eigenvalue weighted by Gasteiger charge is -2.25. The van der Waals surface area contributed by atoms with E-state index in [0.29, 0.717) is 49.6 Å². The normalized spacial score (nSPS) is 12.8. The van der Waals surface area contributed by atoms with Gasteiger partial charge in [0.05, 0.1) is 16.3 Å². The number of aromatic nitrogens is 1. The Morgan fingerprint density at radius 1 is 0.393 bits per heavy atom. The molecule has 1 aliphatic rings. The fraction of sp³-hybridized carbons (Fsp3) is 0.154. The first-order valence-electron chi connectivity index (χ1n) is 19.3. The molecule has 0 bridgehead atoms. The molecule has 0 saturated heterocycles. The summed E-state index contributed by atoms with van der Waals surface area (Å²) in [4.78, 5) is 30.0. The molecule has 56 heavy (non-hydrogen) atoms. The summed E-state index contributed by atoms with van der Waals surface area (Å²) in [6.07, 6.45) is 0. The molecule has 0 N–H and O–H groups in total. The molecule has 0 saturated carbocycles. The number of hydrogen-bond acceptors (Lipinski definition) is 3. The first kappa shape index (κ1) is 34.0. The van der Waals surface area contributed by atoms with Crippen molar-refractivity contribution in [3.05, 3.63) is 171 Å². The van der Waals surface area contributed by atoms with E-state index >= 15 is 0 Å². The van der Waals surface area contributed by atoms with Crippen LogP contribution < -0.4 is 15.6 Å². The SMILES string of the molecule is CC(C)(C)c1ccc(-c2cc3c4c(c2)c(=O)c2cc(-c5ccccc5-c5ccccc5)cc5c(=O)c6cc(-c7ccc(C(C)(C)C)cc7)cc(c6n4c25)O3)cc1. The van der Waals surface area contributed by atoms with Crippen LogP contribution in [0.5, 0.6) is 11.5 Å². The fourth-order valence-corrected chi connectivity index (χ4v) is 8.56. The molecule has 4 heteroatoms. The van der Waals surface area contributed by atoms with Crippen molar-refractivity contribution in [1.29, 1.82) is 0 Å². The minimum atomic E-state index is -0.125. The molecule has 0 amide bonds. The van der Waals surface area contributed by atoms with Crippen LogP contribution in [0.15, 0.2) is 149 Å². The number of hydrogen-bond donors (Lipinski definition) is 0. The van der Waals surface area contributed by atoms with Crippen LogP contribution >= 0.6 is 0 Å². The van der Waals surface area contributed by atoms with Crippen molar-refractivity contribution in [2.24, 2.45) is 0 Å². The monoisotopic (exact) mass is 727 g/mol. The Morgan fingerprint density at radius 2 is 0.786 bits per heavy atom. The zero-order valence-corrected chi connectivity index (χ0v) is 32.5. The number of pyridine rings is 2. The second kappa shape index (κ2) is 12.0. The maximum atomic E-state index is 15.0. The van der Waals surface area contributed by atoms with Gasteiger partial charge in [-0.15, -0.1) is 0 Å². The van der Waals surface area contributed by atoms with Gasteiger partial charge in [0.2, 0.25) is 0 Å². The zero-order chi connectivity index (χ0) is 38.7. The van der Waals surface area contributed by atoms with Crippen molar-refractivity contribution < 1.29 is 4.74 Å². The predicted molar refractivity (Wildman–Crippen MR) is 233 cm³/mol. The van der Waals surface area contributed by atoms with E-state index in [0.717, 1.165) is 44.5 Å². The van der Waals surface area contributed by atoms with Gasteiger partial charge in [-0.3, -0.25) is 9.59 Å². The third-order valence-electron chi connectivity index (χ3n) is 11.6. The van der Waals surface area contributed by atoms with Crippen LogP contribution in [0.1, 0.15) is 52.7 Å². The summed E-state index contributed by atoms with van der Waals surface area (Å²) < 4.78 is 8.96. The molecule has 2 aromatic heterocycles. The van der Waals surface area contributed by atoms with Crippen molar-refractivity contribution in [1.82, 2.24) is 4.40 Å². The minimum absolute atomic E-state index is 0.00952. The van der Waals surface area contributed by atoms with E-state index in [9.17, 15) is 9.59 Å². The van der Waals surface area contributed by atoms with Gasteiger partial charge < -0.3 is 9.14 Å². The average molecular weight is 728 g/mol. The molecule has 0 fully saturated rings. The molecular formula is C52H41NO3. The molecule has 1 aliphatic heterocycles. The highest BCUT2D eigenvalue weighted by atomic mass is 16.5. The van der Waals surface area contributed by atoms with Crippen LogP contribution in [0, 0.1) is 0 Å². The molecule has 7 aromatic carbocycles. The molecule has 4 nitrogen and oxygen atoms in total. The van der Waals surface area contributed by atoms with E-state index in [1.54, 1.807) is 0 Å². The highest BCUT2D eigenvalue weighted by Gasteiger charge is 2.28. The maximum Gasteiger partial charge on any atom is 0.197 e. The van der Waals surface area contributed by atoms with E-state index in [4.69, 9.17) is 4.74 Å². The van der Waals surface area contributed by atoms with Gasteiger partial charge in [0.25, 0.3) is 0 Å². The molecule has 0 spiro atoms. The zero-order valence-electron chi connectivity index (χ0n) is 32.5.